The van der Waals surface area contributed by atoms with Crippen LogP contribution in [0.1, 0.15) is 26.2 Å². The van der Waals surface area contributed by atoms with E-state index in [4.69, 9.17) is 10.2 Å². The summed E-state index contributed by atoms with van der Waals surface area (Å²) in [6.45, 7) is 2.39. The van der Waals surface area contributed by atoms with Crippen molar-refractivity contribution < 1.29 is 15.0 Å². The summed E-state index contributed by atoms with van der Waals surface area (Å²) < 4.78 is 0. The van der Waals surface area contributed by atoms with Crippen molar-refractivity contribution in [2.24, 2.45) is 0 Å². The van der Waals surface area contributed by atoms with Crippen LogP contribution in [0, 0.1) is 0 Å². The second-order valence-corrected chi connectivity index (χ2v) is 3.45. The van der Waals surface area contributed by atoms with Gasteiger partial charge < -0.3 is 10.2 Å². The number of aliphatic hydroxyl groups excluding tert-OH is 1. The summed E-state index contributed by atoms with van der Waals surface area (Å²) in [4.78, 5) is 12.8. The minimum absolute atomic E-state index is 0.0419. The molecule has 1 aliphatic rings. The van der Waals surface area contributed by atoms with E-state index in [0.29, 0.717) is 19.0 Å². The first-order chi connectivity index (χ1) is 6.20. The highest BCUT2D eigenvalue weighted by Crippen LogP contribution is 2.29. The number of carboxylic acids is 1. The third kappa shape index (κ3) is 2.67. The molecule has 1 rings (SSSR count). The van der Waals surface area contributed by atoms with Crippen LogP contribution in [0.4, 0.5) is 0 Å². The lowest BCUT2D eigenvalue weighted by molar-refractivity contribution is -0.143. The van der Waals surface area contributed by atoms with Crippen molar-refractivity contribution in [2.45, 2.75) is 38.3 Å². The minimum Gasteiger partial charge on any atom is -0.480 e. The zero-order valence-corrected chi connectivity index (χ0v) is 7.94. The third-order valence-electron chi connectivity index (χ3n) is 2.45. The zero-order chi connectivity index (χ0) is 9.84. The Morgan fingerprint density at radius 1 is 1.62 bits per heavy atom. The lowest BCUT2D eigenvalue weighted by Gasteiger charge is -2.26. The average molecular weight is 187 g/mol. The van der Waals surface area contributed by atoms with Gasteiger partial charge in [0.2, 0.25) is 0 Å². The molecule has 1 fully saturated rings. The molecule has 4 heteroatoms. The van der Waals surface area contributed by atoms with Crippen LogP contribution in [0.25, 0.3) is 0 Å². The Balaban J connectivity index is 2.54. The molecule has 0 saturated heterocycles. The van der Waals surface area contributed by atoms with Crippen molar-refractivity contribution >= 4 is 5.97 Å². The number of aliphatic carboxylic acids is 1. The van der Waals surface area contributed by atoms with Gasteiger partial charge >= 0.3 is 5.97 Å². The molecular formula is C9H17NO3. The van der Waals surface area contributed by atoms with Gasteiger partial charge in [-0.15, -0.1) is 0 Å². The normalized spacial score (nSPS) is 19.0. The van der Waals surface area contributed by atoms with Gasteiger partial charge in [0.1, 0.15) is 6.04 Å². The van der Waals surface area contributed by atoms with Crippen LogP contribution in [0.5, 0.6) is 0 Å². The summed E-state index contributed by atoms with van der Waals surface area (Å²) in [5.74, 6) is -0.775. The predicted octanol–water partition coefficient (Wildman–Crippen LogP) is 0.306. The molecule has 1 saturated carbocycles. The molecule has 0 aromatic carbocycles. The van der Waals surface area contributed by atoms with Gasteiger partial charge in [-0.05, 0) is 19.3 Å². The fourth-order valence-electron chi connectivity index (χ4n) is 1.67. The van der Waals surface area contributed by atoms with E-state index >= 15 is 0 Å². The number of aliphatic hydroxyl groups is 1. The van der Waals surface area contributed by atoms with Gasteiger partial charge in [0.05, 0.1) is 6.61 Å². The minimum atomic E-state index is -0.775. The van der Waals surface area contributed by atoms with Crippen molar-refractivity contribution in [3.63, 3.8) is 0 Å². The highest BCUT2D eigenvalue weighted by molar-refractivity contribution is 5.73. The lowest BCUT2D eigenvalue weighted by Crippen LogP contribution is -2.43. The summed E-state index contributed by atoms with van der Waals surface area (Å²) in [7, 11) is 0. The molecule has 13 heavy (non-hydrogen) atoms. The Morgan fingerprint density at radius 3 is 2.54 bits per heavy atom. The standard InChI is InChI=1S/C9H17NO3/c1-2-8(9(12)13)10(5-6-11)7-3-4-7/h7-8,11H,2-6H2,1H3,(H,12,13). The van der Waals surface area contributed by atoms with E-state index in [2.05, 4.69) is 0 Å². The molecule has 1 aliphatic carbocycles. The second-order valence-electron chi connectivity index (χ2n) is 3.45. The molecule has 0 bridgehead atoms. The first-order valence-corrected chi connectivity index (χ1v) is 4.80. The largest absolute Gasteiger partial charge is 0.480 e. The SMILES string of the molecule is CCC(C(=O)O)N(CCO)C1CC1. The number of hydrogen-bond acceptors (Lipinski definition) is 3. The number of rotatable bonds is 6. The molecule has 0 aliphatic heterocycles. The van der Waals surface area contributed by atoms with Crippen molar-refractivity contribution in [1.82, 2.24) is 4.90 Å². The maximum Gasteiger partial charge on any atom is 0.320 e. The maximum absolute atomic E-state index is 10.9. The van der Waals surface area contributed by atoms with Crippen molar-refractivity contribution in [3.05, 3.63) is 0 Å². The molecule has 0 aromatic heterocycles. The van der Waals surface area contributed by atoms with Gasteiger partial charge in [0.15, 0.2) is 0 Å². The van der Waals surface area contributed by atoms with E-state index in [-0.39, 0.29) is 6.61 Å². The van der Waals surface area contributed by atoms with Crippen LogP contribution >= 0.6 is 0 Å². The second kappa shape index (κ2) is 4.58. The monoisotopic (exact) mass is 187 g/mol. The Morgan fingerprint density at radius 2 is 2.23 bits per heavy atom. The average Bonchev–Trinajstić information content (AvgIpc) is 2.86. The topological polar surface area (TPSA) is 60.8 Å². The summed E-state index contributed by atoms with van der Waals surface area (Å²) in [6.07, 6.45) is 2.75. The van der Waals surface area contributed by atoms with Crippen LogP contribution in [0.3, 0.4) is 0 Å². The lowest BCUT2D eigenvalue weighted by atomic mass is 10.2. The van der Waals surface area contributed by atoms with Crippen LogP contribution in [0.15, 0.2) is 0 Å². The van der Waals surface area contributed by atoms with E-state index in [1.807, 2.05) is 11.8 Å². The van der Waals surface area contributed by atoms with E-state index in [0.717, 1.165) is 12.8 Å². The quantitative estimate of drug-likeness (QED) is 0.628. The van der Waals surface area contributed by atoms with Crippen LogP contribution in [0.2, 0.25) is 0 Å². The van der Waals surface area contributed by atoms with Crippen LogP contribution < -0.4 is 0 Å². The number of carboxylic acid groups (broad SMARTS) is 1. The summed E-state index contributed by atoms with van der Waals surface area (Å²) in [6, 6.07) is -0.0205. The Kier molecular flexibility index (Phi) is 3.69. The molecule has 1 atom stereocenters. The Hall–Kier alpha value is -0.610. The summed E-state index contributed by atoms with van der Waals surface area (Å²) >= 11 is 0. The molecule has 0 amide bonds. The molecule has 0 heterocycles. The fourth-order valence-corrected chi connectivity index (χ4v) is 1.67. The van der Waals surface area contributed by atoms with Gasteiger partial charge in [-0.1, -0.05) is 6.92 Å². The highest BCUT2D eigenvalue weighted by atomic mass is 16.4. The predicted molar refractivity (Wildman–Crippen MR) is 48.5 cm³/mol. The van der Waals surface area contributed by atoms with Gasteiger partial charge in [-0.2, -0.15) is 0 Å². The van der Waals surface area contributed by atoms with E-state index in [1.54, 1.807) is 0 Å². The van der Waals surface area contributed by atoms with Crippen LogP contribution in [-0.2, 0) is 4.79 Å². The highest BCUT2D eigenvalue weighted by Gasteiger charge is 2.35. The Bertz CT molecular complexity index is 180. The fraction of sp³-hybridized carbons (Fsp3) is 0.889. The molecule has 76 valence electrons. The van der Waals surface area contributed by atoms with E-state index < -0.39 is 12.0 Å². The molecule has 2 N–H and O–H groups in total. The van der Waals surface area contributed by atoms with Gasteiger partial charge in [0.25, 0.3) is 0 Å². The number of carbonyl (C=O) groups is 1. The van der Waals surface area contributed by atoms with Crippen molar-refractivity contribution in [3.8, 4) is 0 Å². The molecular weight excluding hydrogens is 170 g/mol. The zero-order valence-electron chi connectivity index (χ0n) is 7.94. The molecule has 4 nitrogen and oxygen atoms in total. The van der Waals surface area contributed by atoms with E-state index in [1.165, 1.54) is 0 Å². The van der Waals surface area contributed by atoms with Crippen molar-refractivity contribution in [2.75, 3.05) is 13.2 Å². The van der Waals surface area contributed by atoms with Gasteiger partial charge in [0, 0.05) is 12.6 Å². The summed E-state index contributed by atoms with van der Waals surface area (Å²) in [5.41, 5.74) is 0. The molecule has 0 radical (unpaired) electrons. The Labute approximate surface area is 78.2 Å². The summed E-state index contributed by atoms with van der Waals surface area (Å²) in [5, 5.41) is 17.7. The molecule has 0 aromatic rings. The van der Waals surface area contributed by atoms with Gasteiger partial charge in [-0.25, -0.2) is 0 Å². The van der Waals surface area contributed by atoms with Crippen molar-refractivity contribution in [1.29, 1.82) is 0 Å². The molecule has 1 unspecified atom stereocenters. The van der Waals surface area contributed by atoms with Gasteiger partial charge in [-0.3, -0.25) is 9.69 Å². The smallest absolute Gasteiger partial charge is 0.320 e. The maximum atomic E-state index is 10.9. The molecule has 0 spiro atoms. The third-order valence-corrected chi connectivity index (χ3v) is 2.45. The van der Waals surface area contributed by atoms with E-state index in [9.17, 15) is 4.79 Å². The number of nitrogens with zero attached hydrogens (tertiary/aromatic N) is 1. The van der Waals surface area contributed by atoms with Crippen LogP contribution in [-0.4, -0.2) is 46.3 Å². The first-order valence-electron chi connectivity index (χ1n) is 4.80. The number of hydrogen-bond donors (Lipinski definition) is 2. The first kappa shape index (κ1) is 10.5.